The molecule has 2 heterocycles. The van der Waals surface area contributed by atoms with E-state index in [-0.39, 0.29) is 18.3 Å². The van der Waals surface area contributed by atoms with Gasteiger partial charge >= 0.3 is 5.97 Å². The summed E-state index contributed by atoms with van der Waals surface area (Å²) in [6.45, 7) is 0.618. The Morgan fingerprint density at radius 3 is 3.06 bits per heavy atom. The molecule has 1 aliphatic heterocycles. The number of aromatic nitrogens is 2. The number of hydrogen-bond acceptors (Lipinski definition) is 4. The second-order valence-electron chi connectivity index (χ2n) is 4.38. The fourth-order valence-electron chi connectivity index (χ4n) is 2.26. The molecule has 2 rings (SSSR count). The Morgan fingerprint density at radius 1 is 1.56 bits per heavy atom. The lowest BCUT2D eigenvalue weighted by molar-refractivity contribution is -0.154. The molecule has 1 fully saturated rings. The van der Waals surface area contributed by atoms with E-state index >= 15 is 0 Å². The molecule has 1 atom stereocenters. The monoisotopic (exact) mass is 251 g/mol. The molecule has 0 bridgehead atoms. The van der Waals surface area contributed by atoms with Gasteiger partial charge in [0.25, 0.3) is 0 Å². The van der Waals surface area contributed by atoms with Gasteiger partial charge in [0.05, 0.1) is 13.5 Å². The zero-order valence-corrected chi connectivity index (χ0v) is 10.4. The minimum atomic E-state index is -0.431. The number of nitrogens with one attached hydrogen (secondary N) is 1. The van der Waals surface area contributed by atoms with Gasteiger partial charge in [0, 0.05) is 18.4 Å². The number of nitrogens with zero attached hydrogens (tertiary/aromatic N) is 2. The van der Waals surface area contributed by atoms with Gasteiger partial charge in [0.1, 0.15) is 6.04 Å². The molecule has 1 amide bonds. The molecule has 18 heavy (non-hydrogen) atoms. The lowest BCUT2D eigenvalue weighted by Crippen LogP contribution is -2.49. The van der Waals surface area contributed by atoms with Crippen LogP contribution < -0.4 is 0 Å². The van der Waals surface area contributed by atoms with Crippen LogP contribution in [0, 0.1) is 0 Å². The van der Waals surface area contributed by atoms with Gasteiger partial charge in [-0.3, -0.25) is 9.89 Å². The zero-order valence-electron chi connectivity index (χ0n) is 10.4. The largest absolute Gasteiger partial charge is 0.467 e. The summed E-state index contributed by atoms with van der Waals surface area (Å²) in [7, 11) is 1.36. The third-order valence-electron chi connectivity index (χ3n) is 3.20. The number of amides is 1. The molecule has 1 aromatic heterocycles. The number of carbonyl (C=O) groups excluding carboxylic acids is 2. The molecule has 6 nitrogen and oxygen atoms in total. The number of H-pyrrole nitrogens is 1. The van der Waals surface area contributed by atoms with E-state index in [9.17, 15) is 9.59 Å². The fraction of sp³-hybridized carbons (Fsp3) is 0.583. The predicted molar refractivity (Wildman–Crippen MR) is 63.7 cm³/mol. The lowest BCUT2D eigenvalue weighted by Gasteiger charge is -2.33. The summed E-state index contributed by atoms with van der Waals surface area (Å²) in [6.07, 6.45) is 4.42. The van der Waals surface area contributed by atoms with Crippen molar-refractivity contribution in [2.24, 2.45) is 0 Å². The molecule has 0 radical (unpaired) electrons. The second-order valence-corrected chi connectivity index (χ2v) is 4.38. The molecule has 0 spiro atoms. The van der Waals surface area contributed by atoms with Crippen molar-refractivity contribution in [2.75, 3.05) is 13.7 Å². The topological polar surface area (TPSA) is 75.3 Å². The summed E-state index contributed by atoms with van der Waals surface area (Å²) in [6, 6.07) is 1.33. The number of carbonyl (C=O) groups is 2. The quantitative estimate of drug-likeness (QED) is 0.794. The summed E-state index contributed by atoms with van der Waals surface area (Å²) in [5.74, 6) is -0.387. The van der Waals surface area contributed by atoms with Crippen molar-refractivity contribution in [1.82, 2.24) is 15.1 Å². The number of likely N-dealkylation sites (tertiary alicyclic amines) is 1. The Bertz CT molecular complexity index is 416. The molecule has 0 unspecified atom stereocenters. The van der Waals surface area contributed by atoms with E-state index in [1.54, 1.807) is 17.2 Å². The molecular formula is C12H17N3O3. The Hall–Kier alpha value is -1.85. The standard InChI is InChI=1S/C12H17N3O3/c1-18-12(17)10-4-2-3-7-15(10)11(16)8-9-5-6-13-14-9/h5-6,10H,2-4,7-8H2,1H3,(H,13,14)/t10-/m1/s1. The Kier molecular flexibility index (Phi) is 3.96. The highest BCUT2D eigenvalue weighted by Crippen LogP contribution is 2.19. The molecule has 0 aromatic carbocycles. The Morgan fingerprint density at radius 2 is 2.39 bits per heavy atom. The Balaban J connectivity index is 2.04. The summed E-state index contributed by atoms with van der Waals surface area (Å²) in [4.78, 5) is 25.4. The average Bonchev–Trinajstić information content (AvgIpc) is 2.90. The van der Waals surface area contributed by atoms with Gasteiger partial charge in [-0.15, -0.1) is 0 Å². The molecule has 0 saturated carbocycles. The van der Waals surface area contributed by atoms with Crippen LogP contribution in [0.5, 0.6) is 0 Å². The first kappa shape index (κ1) is 12.6. The van der Waals surface area contributed by atoms with E-state index in [0.29, 0.717) is 13.0 Å². The van der Waals surface area contributed by atoms with Gasteiger partial charge in [-0.25, -0.2) is 4.79 Å². The predicted octanol–water partition coefficient (Wildman–Crippen LogP) is 0.506. The van der Waals surface area contributed by atoms with Gasteiger partial charge in [0.2, 0.25) is 5.91 Å². The number of aromatic amines is 1. The molecule has 6 heteroatoms. The van der Waals surface area contributed by atoms with Crippen molar-refractivity contribution >= 4 is 11.9 Å². The second kappa shape index (κ2) is 5.66. The van der Waals surface area contributed by atoms with E-state index in [0.717, 1.165) is 18.5 Å². The number of ether oxygens (including phenoxy) is 1. The summed E-state index contributed by atoms with van der Waals surface area (Å²) in [5.41, 5.74) is 0.759. The molecule has 1 saturated heterocycles. The minimum absolute atomic E-state index is 0.0608. The van der Waals surface area contributed by atoms with Gasteiger partial charge in [-0.2, -0.15) is 5.10 Å². The smallest absolute Gasteiger partial charge is 0.328 e. The van der Waals surface area contributed by atoms with Crippen molar-refractivity contribution in [3.63, 3.8) is 0 Å². The van der Waals surface area contributed by atoms with Crippen LogP contribution in [0.1, 0.15) is 25.0 Å². The zero-order chi connectivity index (χ0) is 13.0. The van der Waals surface area contributed by atoms with Crippen molar-refractivity contribution in [3.8, 4) is 0 Å². The molecular weight excluding hydrogens is 234 g/mol. The number of rotatable bonds is 3. The minimum Gasteiger partial charge on any atom is -0.467 e. The van der Waals surface area contributed by atoms with Crippen LogP contribution in [0.2, 0.25) is 0 Å². The normalized spacial score (nSPS) is 19.6. The molecule has 1 N–H and O–H groups in total. The third-order valence-corrected chi connectivity index (χ3v) is 3.20. The van der Waals surface area contributed by atoms with Crippen LogP contribution in [0.15, 0.2) is 12.3 Å². The van der Waals surface area contributed by atoms with Crippen molar-refractivity contribution in [3.05, 3.63) is 18.0 Å². The summed E-state index contributed by atoms with van der Waals surface area (Å²) < 4.78 is 4.75. The first-order valence-electron chi connectivity index (χ1n) is 6.08. The number of piperidine rings is 1. The first-order valence-corrected chi connectivity index (χ1v) is 6.08. The van der Waals surface area contributed by atoms with Crippen LogP contribution >= 0.6 is 0 Å². The lowest BCUT2D eigenvalue weighted by atomic mass is 10.0. The van der Waals surface area contributed by atoms with Crippen molar-refractivity contribution in [2.45, 2.75) is 31.7 Å². The van der Waals surface area contributed by atoms with Crippen LogP contribution in [0.25, 0.3) is 0 Å². The van der Waals surface area contributed by atoms with Gasteiger partial charge < -0.3 is 9.64 Å². The van der Waals surface area contributed by atoms with E-state index in [1.807, 2.05) is 0 Å². The molecule has 98 valence electrons. The average molecular weight is 251 g/mol. The number of esters is 1. The first-order chi connectivity index (χ1) is 8.72. The van der Waals surface area contributed by atoms with Gasteiger partial charge in [0.15, 0.2) is 0 Å². The van der Waals surface area contributed by atoms with E-state index in [4.69, 9.17) is 4.74 Å². The van der Waals surface area contributed by atoms with Crippen molar-refractivity contribution < 1.29 is 14.3 Å². The molecule has 1 aliphatic rings. The summed E-state index contributed by atoms with van der Waals surface area (Å²) >= 11 is 0. The van der Waals surface area contributed by atoms with E-state index in [1.165, 1.54) is 7.11 Å². The van der Waals surface area contributed by atoms with E-state index < -0.39 is 6.04 Å². The Labute approximate surface area is 105 Å². The summed E-state index contributed by atoms with van der Waals surface area (Å²) in [5, 5.41) is 6.55. The third kappa shape index (κ3) is 2.69. The van der Waals surface area contributed by atoms with Gasteiger partial charge in [-0.05, 0) is 25.3 Å². The maximum Gasteiger partial charge on any atom is 0.328 e. The van der Waals surface area contributed by atoms with Gasteiger partial charge in [-0.1, -0.05) is 0 Å². The maximum absolute atomic E-state index is 12.2. The van der Waals surface area contributed by atoms with Crippen LogP contribution in [0.3, 0.4) is 0 Å². The highest BCUT2D eigenvalue weighted by atomic mass is 16.5. The fourth-order valence-corrected chi connectivity index (χ4v) is 2.26. The van der Waals surface area contributed by atoms with Crippen LogP contribution in [-0.2, 0) is 20.7 Å². The SMILES string of the molecule is COC(=O)[C@H]1CCCCN1C(=O)Cc1ccn[nH]1. The van der Waals surface area contributed by atoms with E-state index in [2.05, 4.69) is 10.2 Å². The number of methoxy groups -OCH3 is 1. The number of hydrogen-bond donors (Lipinski definition) is 1. The molecule has 1 aromatic rings. The highest BCUT2D eigenvalue weighted by Gasteiger charge is 2.32. The van der Waals surface area contributed by atoms with Crippen LogP contribution in [-0.4, -0.2) is 46.7 Å². The maximum atomic E-state index is 12.2. The van der Waals surface area contributed by atoms with Crippen molar-refractivity contribution in [1.29, 1.82) is 0 Å². The highest BCUT2D eigenvalue weighted by molar-refractivity contribution is 5.85. The van der Waals surface area contributed by atoms with Crippen LogP contribution in [0.4, 0.5) is 0 Å². The molecule has 0 aliphatic carbocycles.